The first-order chi connectivity index (χ1) is 38.7. The summed E-state index contributed by atoms with van der Waals surface area (Å²) < 4.78 is 0. The van der Waals surface area contributed by atoms with Crippen molar-refractivity contribution < 1.29 is 72.9 Å². The Balaban J connectivity index is 1.83. The van der Waals surface area contributed by atoms with Crippen molar-refractivity contribution in [2.75, 3.05) is 24.7 Å². The van der Waals surface area contributed by atoms with E-state index >= 15 is 0 Å². The van der Waals surface area contributed by atoms with Crippen LogP contribution in [0.1, 0.15) is 65.0 Å². The molecule has 1 aromatic heterocycles. The van der Waals surface area contributed by atoms with E-state index < -0.39 is 163 Å². The molecule has 0 saturated carbocycles. The maximum atomic E-state index is 14.3. The topological polar surface area (TPSA) is 454 Å². The number of rotatable bonds is 34. The molecule has 0 aliphatic carbocycles. The number of primary amides is 2. The standard InChI is InChI=1S/C52H75N13O15S2/c1-25(2)17-34(48(76)64-43(27(4)68)52(80)63-38(23-81)44(54)72)60-46(74)35(18-29-11-7-6-8-12-29)61-49(77)37(22-66)58-41(71)21-56-45(73)33(15-16-40(53)70)59-47(75)36(19-30-20-55-32-14-10-9-13-31(30)32)62-51(79)42(26(3)67)65-50(78)39(24-82)57-28(5)69/h6-14,20,25-27,33-39,42-43,55,66-68,81-82H,15-19,21-24H2,1-5H3,(H2,53,70)(H2,54,72)(H,56,73)(H,57,69)(H,58,71)(H,59,75)(H,60,74)(H,61,77)(H,62,79)(H,63,80)(H,64,76)(H,65,78)/t26-,27-,33+,34+,35+,36+,37+,38+,39+,42+,43+/m1/s1. The van der Waals surface area contributed by atoms with Gasteiger partial charge in [-0.25, -0.2) is 0 Å². The summed E-state index contributed by atoms with van der Waals surface area (Å²) in [4.78, 5) is 162. The second kappa shape index (κ2) is 33.8. The quantitative estimate of drug-likeness (QED) is 0.0249. The number of H-pyrrole nitrogens is 1. The van der Waals surface area contributed by atoms with Gasteiger partial charge in [0.15, 0.2) is 0 Å². The molecular weight excluding hydrogens is 1110 g/mol. The summed E-state index contributed by atoms with van der Waals surface area (Å²) in [7, 11) is 0. The highest BCUT2D eigenvalue weighted by atomic mass is 32.1. The molecule has 0 saturated heterocycles. The van der Waals surface area contributed by atoms with Crippen LogP contribution in [0.3, 0.4) is 0 Å². The van der Waals surface area contributed by atoms with Gasteiger partial charge < -0.3 is 84.9 Å². The zero-order chi connectivity index (χ0) is 61.4. The zero-order valence-electron chi connectivity index (χ0n) is 45.9. The molecule has 0 fully saturated rings. The minimum absolute atomic E-state index is 0.0135. The molecule has 0 aliphatic heterocycles. The average molecular weight is 1190 g/mol. The van der Waals surface area contributed by atoms with E-state index in [-0.39, 0.29) is 36.7 Å². The number of carbonyl (C=O) groups is 12. The van der Waals surface area contributed by atoms with Crippen molar-refractivity contribution in [2.24, 2.45) is 17.4 Å². The van der Waals surface area contributed by atoms with Crippen LogP contribution in [-0.2, 0) is 70.4 Å². The highest BCUT2D eigenvalue weighted by Gasteiger charge is 2.36. The number of thiol groups is 2. The van der Waals surface area contributed by atoms with Crippen molar-refractivity contribution in [2.45, 2.75) is 133 Å². The Labute approximate surface area is 483 Å². The minimum Gasteiger partial charge on any atom is -0.394 e. The Morgan fingerprint density at radius 2 is 1.04 bits per heavy atom. The summed E-state index contributed by atoms with van der Waals surface area (Å²) in [5, 5.41) is 56.0. The molecule has 12 amide bonds. The molecule has 82 heavy (non-hydrogen) atoms. The molecule has 3 aromatic rings. The highest BCUT2D eigenvalue weighted by molar-refractivity contribution is 7.80. The smallest absolute Gasteiger partial charge is 0.245 e. The van der Waals surface area contributed by atoms with E-state index in [1.807, 2.05) is 0 Å². The third-order valence-corrected chi connectivity index (χ3v) is 13.1. The van der Waals surface area contributed by atoms with Gasteiger partial charge in [0.05, 0.1) is 25.4 Å². The summed E-state index contributed by atoms with van der Waals surface area (Å²) in [6.07, 6.45) is -2.82. The third kappa shape index (κ3) is 22.3. The van der Waals surface area contributed by atoms with Crippen molar-refractivity contribution in [1.29, 1.82) is 0 Å². The van der Waals surface area contributed by atoms with E-state index in [2.05, 4.69) is 83.4 Å². The van der Waals surface area contributed by atoms with Gasteiger partial charge in [0, 0.05) is 54.8 Å². The maximum absolute atomic E-state index is 14.3. The number of hydrogen-bond donors (Lipinski definition) is 18. The van der Waals surface area contributed by atoms with E-state index in [9.17, 15) is 72.9 Å². The van der Waals surface area contributed by atoms with Gasteiger partial charge >= 0.3 is 0 Å². The number of aliphatic hydroxyl groups excluding tert-OH is 3. The second-order valence-corrected chi connectivity index (χ2v) is 20.4. The van der Waals surface area contributed by atoms with Crippen LogP contribution >= 0.6 is 25.3 Å². The first-order valence-corrected chi connectivity index (χ1v) is 27.3. The van der Waals surface area contributed by atoms with Crippen LogP contribution < -0.4 is 64.6 Å². The molecule has 0 radical (unpaired) electrons. The molecule has 450 valence electrons. The molecule has 0 spiro atoms. The molecule has 3 rings (SSSR count). The van der Waals surface area contributed by atoms with Crippen LogP contribution in [0.25, 0.3) is 10.9 Å². The SMILES string of the molecule is CC(=O)N[C@@H](CS)C(=O)N[C@H](C(=O)N[C@@H](Cc1c[nH]c2ccccc12)C(=O)N[C@@H](CCC(N)=O)C(=O)NCC(=O)N[C@@H](CO)C(=O)N[C@@H](Cc1ccccc1)C(=O)N[C@@H](CC(C)C)C(=O)N[C@H](C(=O)N[C@@H](CS)C(N)=O)[C@@H](C)O)[C@@H](C)O. The highest BCUT2D eigenvalue weighted by Crippen LogP contribution is 2.20. The summed E-state index contributed by atoms with van der Waals surface area (Å²) in [6.45, 7) is 5.09. The molecule has 2 aromatic carbocycles. The lowest BCUT2D eigenvalue weighted by Crippen LogP contribution is -2.61. The van der Waals surface area contributed by atoms with Crippen molar-refractivity contribution in [3.05, 3.63) is 71.9 Å². The van der Waals surface area contributed by atoms with E-state index in [0.717, 1.165) is 6.92 Å². The molecule has 0 aliphatic rings. The van der Waals surface area contributed by atoms with Crippen molar-refractivity contribution in [3.63, 3.8) is 0 Å². The first-order valence-electron chi connectivity index (χ1n) is 26.0. The number of nitrogens with one attached hydrogen (secondary N) is 11. The molecule has 18 N–H and O–H groups in total. The van der Waals surface area contributed by atoms with Gasteiger partial charge in [0.1, 0.15) is 54.4 Å². The molecule has 30 heteroatoms. The number of para-hydroxylation sites is 1. The number of aromatic amines is 1. The van der Waals surface area contributed by atoms with Gasteiger partial charge in [0.25, 0.3) is 0 Å². The zero-order valence-corrected chi connectivity index (χ0v) is 47.6. The number of aliphatic hydroxyl groups is 3. The Morgan fingerprint density at radius 3 is 1.56 bits per heavy atom. The summed E-state index contributed by atoms with van der Waals surface area (Å²) >= 11 is 8.07. The van der Waals surface area contributed by atoms with Gasteiger partial charge in [-0.15, -0.1) is 0 Å². The van der Waals surface area contributed by atoms with Crippen LogP contribution in [0.4, 0.5) is 0 Å². The van der Waals surface area contributed by atoms with Gasteiger partial charge in [-0.2, -0.15) is 25.3 Å². The summed E-state index contributed by atoms with van der Waals surface area (Å²) in [6, 6.07) is 1.72. The monoisotopic (exact) mass is 1190 g/mol. The fourth-order valence-electron chi connectivity index (χ4n) is 8.08. The molecular formula is C52H75N13O15S2. The Bertz CT molecular complexity index is 2730. The summed E-state index contributed by atoms with van der Waals surface area (Å²) in [5.41, 5.74) is 12.4. The van der Waals surface area contributed by atoms with Crippen LogP contribution in [0.2, 0.25) is 0 Å². The number of fused-ring (bicyclic) bond motifs is 1. The lowest BCUT2D eigenvalue weighted by atomic mass is 10.00. The number of aromatic nitrogens is 1. The van der Waals surface area contributed by atoms with E-state index in [1.165, 1.54) is 13.8 Å². The van der Waals surface area contributed by atoms with E-state index in [0.29, 0.717) is 22.0 Å². The van der Waals surface area contributed by atoms with Crippen LogP contribution in [-0.4, -0.2) is 182 Å². The van der Waals surface area contributed by atoms with Crippen LogP contribution in [0.15, 0.2) is 60.8 Å². The van der Waals surface area contributed by atoms with Crippen LogP contribution in [0, 0.1) is 5.92 Å². The van der Waals surface area contributed by atoms with Crippen molar-refractivity contribution >= 4 is 107 Å². The third-order valence-electron chi connectivity index (χ3n) is 12.4. The number of nitrogens with two attached hydrogens (primary N) is 2. The fourth-order valence-corrected chi connectivity index (χ4v) is 8.61. The average Bonchev–Trinajstić information content (AvgIpc) is 3.83. The van der Waals surface area contributed by atoms with Crippen LogP contribution in [0.5, 0.6) is 0 Å². The lowest BCUT2D eigenvalue weighted by Gasteiger charge is -2.28. The fraction of sp³-hybridized carbons (Fsp3) is 0.500. The number of benzene rings is 2. The molecule has 0 unspecified atom stereocenters. The Morgan fingerprint density at radius 1 is 0.549 bits per heavy atom. The molecule has 11 atom stereocenters. The van der Waals surface area contributed by atoms with E-state index in [4.69, 9.17) is 11.5 Å². The molecule has 0 bridgehead atoms. The maximum Gasteiger partial charge on any atom is 0.245 e. The van der Waals surface area contributed by atoms with Crippen molar-refractivity contribution in [3.8, 4) is 0 Å². The normalized spacial score (nSPS) is 15.2. The molecule has 1 heterocycles. The Hall–Kier alpha value is -7.80. The van der Waals surface area contributed by atoms with Gasteiger partial charge in [-0.05, 0) is 49.8 Å². The Kier molecular flexibility index (Phi) is 28.3. The molecule has 28 nitrogen and oxygen atoms in total. The predicted molar refractivity (Wildman–Crippen MR) is 303 cm³/mol. The largest absolute Gasteiger partial charge is 0.394 e. The van der Waals surface area contributed by atoms with Gasteiger partial charge in [-0.1, -0.05) is 62.4 Å². The number of hydrogen-bond acceptors (Lipinski definition) is 17. The second-order valence-electron chi connectivity index (χ2n) is 19.7. The van der Waals surface area contributed by atoms with E-state index in [1.54, 1.807) is 74.6 Å². The summed E-state index contributed by atoms with van der Waals surface area (Å²) in [5.74, 6) is -12.0. The number of carbonyl (C=O) groups excluding carboxylic acids is 12. The predicted octanol–water partition coefficient (Wildman–Crippen LogP) is -5.14. The lowest BCUT2D eigenvalue weighted by molar-refractivity contribution is -0.136. The number of amides is 12. The first kappa shape index (κ1) is 68.5. The minimum atomic E-state index is -1.76. The van der Waals surface area contributed by atoms with Gasteiger partial charge in [0.2, 0.25) is 70.9 Å². The van der Waals surface area contributed by atoms with Gasteiger partial charge in [-0.3, -0.25) is 57.5 Å². The van der Waals surface area contributed by atoms with Crippen molar-refractivity contribution in [1.82, 2.24) is 58.2 Å².